The van der Waals surface area contributed by atoms with Gasteiger partial charge in [-0.2, -0.15) is 0 Å². The van der Waals surface area contributed by atoms with E-state index < -0.39 is 0 Å². The van der Waals surface area contributed by atoms with Crippen LogP contribution in [0.25, 0.3) is 11.4 Å². The van der Waals surface area contributed by atoms with Crippen molar-refractivity contribution in [1.82, 2.24) is 20.2 Å². The van der Waals surface area contributed by atoms with Crippen LogP contribution < -0.4 is 10.5 Å². The van der Waals surface area contributed by atoms with E-state index >= 15 is 0 Å². The summed E-state index contributed by atoms with van der Waals surface area (Å²) in [5.41, 5.74) is 7.23. The molecular formula is C14H19N5O2. The normalized spacial score (nSPS) is 14.3. The average molecular weight is 289 g/mol. The Morgan fingerprint density at radius 2 is 2.24 bits per heavy atom. The molecule has 3 rings (SSSR count). The van der Waals surface area contributed by atoms with Gasteiger partial charge in [-0.3, -0.25) is 0 Å². The molecule has 2 aromatic rings. The zero-order valence-corrected chi connectivity index (χ0v) is 12.0. The molecule has 0 atom stereocenters. The molecule has 0 aliphatic heterocycles. The highest BCUT2D eigenvalue weighted by atomic mass is 16.5. The molecule has 1 aliphatic rings. The highest BCUT2D eigenvalue weighted by Crippen LogP contribution is 2.30. The van der Waals surface area contributed by atoms with E-state index in [4.69, 9.17) is 15.2 Å². The van der Waals surface area contributed by atoms with Crippen molar-refractivity contribution in [2.24, 2.45) is 5.92 Å². The van der Waals surface area contributed by atoms with Crippen LogP contribution >= 0.6 is 0 Å². The molecule has 0 spiro atoms. The third-order valence-corrected chi connectivity index (χ3v) is 3.50. The summed E-state index contributed by atoms with van der Waals surface area (Å²) >= 11 is 0. The number of ether oxygens (including phenoxy) is 2. The van der Waals surface area contributed by atoms with Gasteiger partial charge in [-0.25, -0.2) is 4.68 Å². The smallest absolute Gasteiger partial charge is 0.185 e. The first-order valence-electron chi connectivity index (χ1n) is 7.05. The molecule has 1 aromatic carbocycles. The molecule has 2 N–H and O–H groups in total. The summed E-state index contributed by atoms with van der Waals surface area (Å²) in [6, 6.07) is 5.43. The van der Waals surface area contributed by atoms with Crippen molar-refractivity contribution >= 4 is 5.69 Å². The minimum atomic E-state index is 0.603. The van der Waals surface area contributed by atoms with Crippen molar-refractivity contribution in [3.8, 4) is 17.1 Å². The number of nitrogen functional groups attached to an aromatic ring is 1. The van der Waals surface area contributed by atoms with Gasteiger partial charge in [-0.05, 0) is 41.3 Å². The van der Waals surface area contributed by atoms with E-state index in [1.54, 1.807) is 23.9 Å². The second-order valence-electron chi connectivity index (χ2n) is 5.20. The van der Waals surface area contributed by atoms with E-state index in [9.17, 15) is 0 Å². The van der Waals surface area contributed by atoms with Crippen molar-refractivity contribution in [2.45, 2.75) is 19.4 Å². The lowest BCUT2D eigenvalue weighted by molar-refractivity contribution is 0.114. The molecule has 0 amide bonds. The summed E-state index contributed by atoms with van der Waals surface area (Å²) in [6.07, 6.45) is 2.58. The lowest BCUT2D eigenvalue weighted by Crippen LogP contribution is -2.10. The zero-order chi connectivity index (χ0) is 14.7. The van der Waals surface area contributed by atoms with Gasteiger partial charge in [0.2, 0.25) is 0 Å². The van der Waals surface area contributed by atoms with E-state index in [1.807, 2.05) is 6.07 Å². The highest BCUT2D eigenvalue weighted by Gasteiger charge is 2.21. The van der Waals surface area contributed by atoms with Crippen LogP contribution in [0.3, 0.4) is 0 Å². The second-order valence-corrected chi connectivity index (χ2v) is 5.20. The van der Waals surface area contributed by atoms with Crippen molar-refractivity contribution < 1.29 is 9.47 Å². The molecule has 1 aliphatic carbocycles. The number of benzene rings is 1. The molecule has 0 saturated heterocycles. The number of nitrogens with two attached hydrogens (primary N) is 1. The molecule has 0 radical (unpaired) electrons. The van der Waals surface area contributed by atoms with Gasteiger partial charge in [-0.15, -0.1) is 5.10 Å². The van der Waals surface area contributed by atoms with Gasteiger partial charge in [0.15, 0.2) is 5.82 Å². The Hall–Kier alpha value is -2.15. The molecule has 21 heavy (non-hydrogen) atoms. The molecule has 1 saturated carbocycles. The van der Waals surface area contributed by atoms with E-state index in [1.165, 1.54) is 12.8 Å². The van der Waals surface area contributed by atoms with Crippen LogP contribution in [0.5, 0.6) is 5.75 Å². The number of rotatable bonds is 7. The molecule has 112 valence electrons. The SMILES string of the molecule is COc1cc(N)ccc1-c1nnnn1CCOCC1CC1. The number of tetrazole rings is 1. The first kappa shape index (κ1) is 13.8. The predicted molar refractivity (Wildman–Crippen MR) is 77.8 cm³/mol. The summed E-state index contributed by atoms with van der Waals surface area (Å²) in [6.45, 7) is 2.05. The van der Waals surface area contributed by atoms with Crippen LogP contribution in [-0.2, 0) is 11.3 Å². The molecule has 1 aromatic heterocycles. The molecule has 7 heteroatoms. The fourth-order valence-corrected chi connectivity index (χ4v) is 2.13. The van der Waals surface area contributed by atoms with Crippen molar-refractivity contribution in [1.29, 1.82) is 0 Å². The van der Waals surface area contributed by atoms with E-state index in [0.717, 1.165) is 18.1 Å². The Labute approximate surface area is 123 Å². The monoisotopic (exact) mass is 289 g/mol. The van der Waals surface area contributed by atoms with E-state index in [2.05, 4.69) is 15.5 Å². The third kappa shape index (κ3) is 3.30. The topological polar surface area (TPSA) is 88.1 Å². The zero-order valence-electron chi connectivity index (χ0n) is 12.0. The Morgan fingerprint density at radius 3 is 3.00 bits per heavy atom. The van der Waals surface area contributed by atoms with E-state index in [0.29, 0.717) is 30.4 Å². The Morgan fingerprint density at radius 1 is 1.38 bits per heavy atom. The van der Waals surface area contributed by atoms with Crippen LogP contribution in [0, 0.1) is 5.92 Å². The summed E-state index contributed by atoms with van der Waals surface area (Å²) < 4.78 is 12.7. The predicted octanol–water partition coefficient (Wildman–Crippen LogP) is 1.36. The van der Waals surface area contributed by atoms with Crippen molar-refractivity contribution in [3.05, 3.63) is 18.2 Å². The van der Waals surface area contributed by atoms with Gasteiger partial charge >= 0.3 is 0 Å². The van der Waals surface area contributed by atoms with Crippen LogP contribution in [0.1, 0.15) is 12.8 Å². The standard InChI is InChI=1S/C14H19N5O2/c1-20-13-8-11(15)4-5-12(13)14-16-17-18-19(14)6-7-21-9-10-2-3-10/h4-5,8,10H,2-3,6-7,9,15H2,1H3. The highest BCUT2D eigenvalue weighted by molar-refractivity contribution is 5.67. The number of hydrogen-bond donors (Lipinski definition) is 1. The summed E-state index contributed by atoms with van der Waals surface area (Å²) in [4.78, 5) is 0. The largest absolute Gasteiger partial charge is 0.496 e. The molecule has 0 unspecified atom stereocenters. The van der Waals surface area contributed by atoms with Gasteiger partial charge in [0.05, 0.1) is 25.8 Å². The number of hydrogen-bond acceptors (Lipinski definition) is 6. The van der Waals surface area contributed by atoms with Crippen LogP contribution in [-0.4, -0.2) is 40.5 Å². The number of nitrogens with zero attached hydrogens (tertiary/aromatic N) is 4. The van der Waals surface area contributed by atoms with Gasteiger partial charge in [0, 0.05) is 18.4 Å². The quantitative estimate of drug-likeness (QED) is 0.611. The van der Waals surface area contributed by atoms with Gasteiger partial charge < -0.3 is 15.2 Å². The minimum Gasteiger partial charge on any atom is -0.496 e. The maximum absolute atomic E-state index is 5.77. The summed E-state index contributed by atoms with van der Waals surface area (Å²) in [5.74, 6) is 2.07. The van der Waals surface area contributed by atoms with Gasteiger partial charge in [-0.1, -0.05) is 0 Å². The number of anilines is 1. The third-order valence-electron chi connectivity index (χ3n) is 3.50. The summed E-state index contributed by atoms with van der Waals surface area (Å²) in [7, 11) is 1.60. The lowest BCUT2D eigenvalue weighted by Gasteiger charge is -2.09. The second kappa shape index (κ2) is 6.09. The minimum absolute atomic E-state index is 0.603. The molecule has 1 fully saturated rings. The Kier molecular flexibility index (Phi) is 4.01. The van der Waals surface area contributed by atoms with Crippen molar-refractivity contribution in [2.75, 3.05) is 26.1 Å². The van der Waals surface area contributed by atoms with Crippen LogP contribution in [0.4, 0.5) is 5.69 Å². The fourth-order valence-electron chi connectivity index (χ4n) is 2.13. The molecular weight excluding hydrogens is 270 g/mol. The van der Waals surface area contributed by atoms with Gasteiger partial charge in [0.25, 0.3) is 0 Å². The van der Waals surface area contributed by atoms with Gasteiger partial charge in [0.1, 0.15) is 5.75 Å². The first-order valence-corrected chi connectivity index (χ1v) is 7.05. The average Bonchev–Trinajstić information content (AvgIpc) is 3.21. The van der Waals surface area contributed by atoms with Crippen LogP contribution in [0.15, 0.2) is 18.2 Å². The lowest BCUT2D eigenvalue weighted by atomic mass is 10.1. The van der Waals surface area contributed by atoms with E-state index in [-0.39, 0.29) is 0 Å². The molecule has 7 nitrogen and oxygen atoms in total. The number of methoxy groups -OCH3 is 1. The maximum atomic E-state index is 5.77. The summed E-state index contributed by atoms with van der Waals surface area (Å²) in [5, 5.41) is 11.8. The first-order chi connectivity index (χ1) is 10.3. The Bertz CT molecular complexity index is 609. The van der Waals surface area contributed by atoms with Crippen LogP contribution in [0.2, 0.25) is 0 Å². The fraction of sp³-hybridized carbons (Fsp3) is 0.500. The maximum Gasteiger partial charge on any atom is 0.185 e. The number of aromatic nitrogens is 4. The Balaban J connectivity index is 1.71. The van der Waals surface area contributed by atoms with Crippen molar-refractivity contribution in [3.63, 3.8) is 0 Å². The molecule has 1 heterocycles. The molecule has 0 bridgehead atoms.